The third-order valence-corrected chi connectivity index (χ3v) is 4.69. The Kier molecular flexibility index (Phi) is 7.77. The summed E-state index contributed by atoms with van der Waals surface area (Å²) in [7, 11) is -2.69. The SMILES string of the molecule is Cl.[2H]C([2H])(N[C@@H](C)Cc1ccc(OC)c(S(N)(=O)=O)c1)C([2H])([2H])Oc1ccccc1OCC. The van der Waals surface area contributed by atoms with Crippen molar-refractivity contribution in [2.45, 2.75) is 31.2 Å². The van der Waals surface area contributed by atoms with Gasteiger partial charge in [0.1, 0.15) is 17.2 Å². The summed E-state index contributed by atoms with van der Waals surface area (Å²) in [5.74, 6) is 0.479. The maximum atomic E-state index is 11.8. The summed E-state index contributed by atoms with van der Waals surface area (Å²) in [5, 5.41) is 7.82. The van der Waals surface area contributed by atoms with E-state index in [2.05, 4.69) is 5.32 Å². The van der Waals surface area contributed by atoms with Crippen LogP contribution in [0.25, 0.3) is 0 Å². The number of benzene rings is 2. The maximum absolute atomic E-state index is 11.8. The molecular formula is C20H29ClN2O5S. The third-order valence-electron chi connectivity index (χ3n) is 3.76. The van der Waals surface area contributed by atoms with Crippen LogP contribution >= 0.6 is 12.4 Å². The molecule has 0 radical (unpaired) electrons. The number of methoxy groups -OCH3 is 1. The summed E-state index contributed by atoms with van der Waals surface area (Å²) in [6.45, 7) is -1.59. The molecule has 9 heteroatoms. The molecule has 0 aliphatic carbocycles. The van der Waals surface area contributed by atoms with Gasteiger partial charge in [-0.15, -0.1) is 12.4 Å². The van der Waals surface area contributed by atoms with Crippen molar-refractivity contribution in [3.8, 4) is 17.2 Å². The Bertz CT molecular complexity index is 1040. The Morgan fingerprint density at radius 1 is 1.14 bits per heavy atom. The highest BCUT2D eigenvalue weighted by atomic mass is 35.5. The highest BCUT2D eigenvalue weighted by Gasteiger charge is 2.16. The molecular weight excluding hydrogens is 416 g/mol. The smallest absolute Gasteiger partial charge is 0.241 e. The number of nitrogens with one attached hydrogen (secondary N) is 1. The number of hydrogen-bond acceptors (Lipinski definition) is 6. The van der Waals surface area contributed by atoms with Gasteiger partial charge in [0.2, 0.25) is 10.0 Å². The topological polar surface area (TPSA) is 99.9 Å². The molecule has 0 saturated carbocycles. The van der Waals surface area contributed by atoms with E-state index in [-0.39, 0.29) is 35.2 Å². The number of primary sulfonamides is 1. The first kappa shape index (κ1) is 19.0. The van der Waals surface area contributed by atoms with E-state index in [0.29, 0.717) is 17.9 Å². The first-order chi connectivity index (χ1) is 14.8. The highest BCUT2D eigenvalue weighted by molar-refractivity contribution is 7.89. The van der Waals surface area contributed by atoms with Crippen LogP contribution in [0.2, 0.25) is 0 Å². The second kappa shape index (κ2) is 11.9. The minimum Gasteiger partial charge on any atom is -0.495 e. The molecule has 0 bridgehead atoms. The van der Waals surface area contributed by atoms with Gasteiger partial charge in [0, 0.05) is 15.3 Å². The molecule has 0 aliphatic rings. The third kappa shape index (κ3) is 7.74. The molecule has 162 valence electrons. The average Bonchev–Trinajstić information content (AvgIpc) is 2.68. The average molecular weight is 449 g/mol. The number of para-hydroxylation sites is 2. The molecule has 3 N–H and O–H groups in total. The summed E-state index contributed by atoms with van der Waals surface area (Å²) in [6.07, 6.45) is 0.192. The summed E-state index contributed by atoms with van der Waals surface area (Å²) >= 11 is 0. The number of nitrogens with two attached hydrogens (primary N) is 1. The van der Waals surface area contributed by atoms with Crippen molar-refractivity contribution in [3.05, 3.63) is 48.0 Å². The summed E-state index contributed by atoms with van der Waals surface area (Å²) < 4.78 is 72.2. The fourth-order valence-corrected chi connectivity index (χ4v) is 3.26. The number of ether oxygens (including phenoxy) is 3. The molecule has 0 heterocycles. The van der Waals surface area contributed by atoms with Gasteiger partial charge in [-0.05, 0) is 50.1 Å². The molecule has 2 rings (SSSR count). The standard InChI is InChI=1S/C20H28N2O5S.ClH/c1-4-26-17-7-5-6-8-18(17)27-12-11-22-15(2)13-16-9-10-19(25-3)20(14-16)28(21,23)24;/h5-10,14-15,22H,4,11-13H2,1-3H3,(H2,21,23,24);1H/t15-;/m0./s1/i11D2,12D2;. The zero-order chi connectivity index (χ0) is 24.2. The van der Waals surface area contributed by atoms with Gasteiger partial charge in [-0.3, -0.25) is 0 Å². The molecule has 1 atom stereocenters. The fraction of sp³-hybridized carbons (Fsp3) is 0.400. The van der Waals surface area contributed by atoms with E-state index >= 15 is 0 Å². The summed E-state index contributed by atoms with van der Waals surface area (Å²) in [6, 6.07) is 10.3. The Hall–Kier alpha value is -2.00. The van der Waals surface area contributed by atoms with Gasteiger partial charge >= 0.3 is 0 Å². The van der Waals surface area contributed by atoms with Crippen LogP contribution in [-0.4, -0.2) is 41.2 Å². The van der Waals surface area contributed by atoms with E-state index in [4.69, 9.17) is 24.8 Å². The molecule has 2 aromatic rings. The van der Waals surface area contributed by atoms with Crippen molar-refractivity contribution in [3.63, 3.8) is 0 Å². The fourth-order valence-electron chi connectivity index (χ4n) is 2.52. The lowest BCUT2D eigenvalue weighted by atomic mass is 10.1. The Labute approximate surface area is 184 Å². The molecule has 0 aliphatic heterocycles. The zero-order valence-corrected chi connectivity index (χ0v) is 18.1. The van der Waals surface area contributed by atoms with E-state index in [1.165, 1.54) is 25.3 Å². The largest absolute Gasteiger partial charge is 0.495 e. The van der Waals surface area contributed by atoms with E-state index in [1.54, 1.807) is 38.1 Å². The van der Waals surface area contributed by atoms with Gasteiger partial charge in [-0.25, -0.2) is 13.6 Å². The minimum atomic E-state index is -4.02. The molecule has 29 heavy (non-hydrogen) atoms. The van der Waals surface area contributed by atoms with E-state index in [1.807, 2.05) is 0 Å². The Morgan fingerprint density at radius 2 is 1.79 bits per heavy atom. The van der Waals surface area contributed by atoms with Crippen LogP contribution < -0.4 is 24.7 Å². The normalized spacial score (nSPS) is 15.0. The van der Waals surface area contributed by atoms with Crippen LogP contribution in [0.4, 0.5) is 0 Å². The first-order valence-corrected chi connectivity index (χ1v) is 10.2. The van der Waals surface area contributed by atoms with Crippen molar-refractivity contribution in [1.29, 1.82) is 0 Å². The van der Waals surface area contributed by atoms with E-state index in [0.717, 1.165) is 0 Å². The molecule has 0 unspecified atom stereocenters. The van der Waals surface area contributed by atoms with Crippen LogP contribution in [0.15, 0.2) is 47.4 Å². The zero-order valence-electron chi connectivity index (χ0n) is 20.5. The molecule has 0 spiro atoms. The molecule has 0 saturated heterocycles. The van der Waals surface area contributed by atoms with Crippen molar-refractivity contribution < 1.29 is 28.1 Å². The number of hydrogen-bond donors (Lipinski definition) is 2. The second-order valence-electron chi connectivity index (χ2n) is 5.99. The van der Waals surface area contributed by atoms with Gasteiger partial charge in [0.25, 0.3) is 0 Å². The van der Waals surface area contributed by atoms with Crippen LogP contribution in [0, 0.1) is 0 Å². The minimum absolute atomic E-state index is 0. The molecule has 0 fully saturated rings. The molecule has 0 aromatic heterocycles. The number of halogens is 1. The lowest BCUT2D eigenvalue weighted by Gasteiger charge is -2.16. The van der Waals surface area contributed by atoms with Crippen molar-refractivity contribution in [1.82, 2.24) is 5.32 Å². The van der Waals surface area contributed by atoms with Gasteiger partial charge in [0.05, 0.1) is 16.5 Å². The van der Waals surface area contributed by atoms with Crippen LogP contribution in [-0.2, 0) is 16.4 Å². The van der Waals surface area contributed by atoms with Crippen LogP contribution in [0.5, 0.6) is 17.2 Å². The Morgan fingerprint density at radius 3 is 2.38 bits per heavy atom. The number of rotatable bonds is 11. The van der Waals surface area contributed by atoms with Gasteiger partial charge < -0.3 is 19.5 Å². The maximum Gasteiger partial charge on any atom is 0.241 e. The summed E-state index contributed by atoms with van der Waals surface area (Å²) in [4.78, 5) is -0.182. The van der Waals surface area contributed by atoms with Crippen molar-refractivity contribution in [2.24, 2.45) is 5.14 Å². The highest BCUT2D eigenvalue weighted by Crippen LogP contribution is 2.26. The van der Waals surface area contributed by atoms with Crippen molar-refractivity contribution in [2.75, 3.05) is 26.8 Å². The van der Waals surface area contributed by atoms with Crippen LogP contribution in [0.1, 0.15) is 24.9 Å². The molecule has 0 amide bonds. The van der Waals surface area contributed by atoms with Crippen LogP contribution in [0.3, 0.4) is 0 Å². The predicted octanol–water partition coefficient (Wildman–Crippen LogP) is 2.76. The van der Waals surface area contributed by atoms with Gasteiger partial charge in [0.15, 0.2) is 11.5 Å². The van der Waals surface area contributed by atoms with Crippen molar-refractivity contribution >= 4 is 22.4 Å². The predicted molar refractivity (Wildman–Crippen MR) is 116 cm³/mol. The van der Waals surface area contributed by atoms with E-state index < -0.39 is 29.1 Å². The Balaban J connectivity index is 0.00000544. The first-order valence-electron chi connectivity index (χ1n) is 10.7. The molecule has 2 aromatic carbocycles. The van der Waals surface area contributed by atoms with Gasteiger partial charge in [-0.2, -0.15) is 0 Å². The lowest BCUT2D eigenvalue weighted by Crippen LogP contribution is -2.32. The quantitative estimate of drug-likeness (QED) is 0.548. The number of sulfonamides is 1. The second-order valence-corrected chi connectivity index (χ2v) is 7.52. The molecule has 7 nitrogen and oxygen atoms in total. The monoisotopic (exact) mass is 448 g/mol. The summed E-state index contributed by atoms with van der Waals surface area (Å²) in [5.41, 5.74) is 0.550. The van der Waals surface area contributed by atoms with E-state index in [9.17, 15) is 8.42 Å². The lowest BCUT2D eigenvalue weighted by molar-refractivity contribution is 0.272. The van der Waals surface area contributed by atoms with Gasteiger partial charge in [-0.1, -0.05) is 18.2 Å².